The zero-order chi connectivity index (χ0) is 29.2. The van der Waals surface area contributed by atoms with E-state index in [0.717, 1.165) is 65.3 Å². The molecule has 0 spiro atoms. The van der Waals surface area contributed by atoms with Gasteiger partial charge >= 0.3 is 0 Å². The fourth-order valence-electron chi connectivity index (χ4n) is 6.99. The first kappa shape index (κ1) is 27.0. The summed E-state index contributed by atoms with van der Waals surface area (Å²) >= 11 is 0. The highest BCUT2D eigenvalue weighted by molar-refractivity contribution is 5.91. The molecule has 1 aliphatic rings. The van der Waals surface area contributed by atoms with Gasteiger partial charge in [-0.3, -0.25) is 0 Å². The maximum Gasteiger partial charge on any atom is 0.159 e. The van der Waals surface area contributed by atoms with Gasteiger partial charge in [-0.25, -0.2) is 15.0 Å². The average Bonchev–Trinajstić information content (AvgIpc) is 3.34. The van der Waals surface area contributed by atoms with Crippen LogP contribution in [0.25, 0.3) is 56.2 Å². The van der Waals surface area contributed by atoms with Crippen LogP contribution in [0.2, 0.25) is 0 Å². The van der Waals surface area contributed by atoms with Gasteiger partial charge in [0.25, 0.3) is 0 Å². The molecular formula is C40H35N3. The van der Waals surface area contributed by atoms with Crippen molar-refractivity contribution in [3.8, 4) is 56.2 Å². The van der Waals surface area contributed by atoms with Gasteiger partial charge in [0.05, 0.1) is 17.1 Å². The molecule has 7 rings (SSSR count). The molecule has 0 amide bonds. The molecular weight excluding hydrogens is 522 g/mol. The van der Waals surface area contributed by atoms with Crippen LogP contribution < -0.4 is 0 Å². The summed E-state index contributed by atoms with van der Waals surface area (Å²) in [5.41, 5.74) is 12.3. The Bertz CT molecular complexity index is 1890. The molecule has 0 saturated carbocycles. The largest absolute Gasteiger partial charge is 0.247 e. The molecule has 0 fully saturated rings. The molecule has 3 heteroatoms. The van der Waals surface area contributed by atoms with E-state index >= 15 is 0 Å². The zero-order valence-corrected chi connectivity index (χ0v) is 24.8. The van der Waals surface area contributed by atoms with Gasteiger partial charge in [0.1, 0.15) is 0 Å². The van der Waals surface area contributed by atoms with Gasteiger partial charge in [-0.2, -0.15) is 0 Å². The summed E-state index contributed by atoms with van der Waals surface area (Å²) in [6, 6.07) is 42.8. The van der Waals surface area contributed by atoms with Crippen molar-refractivity contribution in [2.24, 2.45) is 0 Å². The molecule has 0 bridgehead atoms. The van der Waals surface area contributed by atoms with E-state index in [-0.39, 0.29) is 5.41 Å². The molecule has 0 saturated heterocycles. The number of aromatic nitrogens is 3. The number of nitrogens with zero attached hydrogens (tertiary/aromatic N) is 3. The lowest BCUT2D eigenvalue weighted by atomic mass is 9.74. The summed E-state index contributed by atoms with van der Waals surface area (Å²) in [4.78, 5) is 15.6. The molecule has 0 atom stereocenters. The van der Waals surface area contributed by atoms with Gasteiger partial charge in [-0.05, 0) is 46.7 Å². The number of hydrogen-bond donors (Lipinski definition) is 0. The van der Waals surface area contributed by atoms with Crippen molar-refractivity contribution in [1.29, 1.82) is 0 Å². The third-order valence-corrected chi connectivity index (χ3v) is 8.80. The van der Waals surface area contributed by atoms with Crippen molar-refractivity contribution < 1.29 is 0 Å². The average molecular weight is 558 g/mol. The fourth-order valence-corrected chi connectivity index (χ4v) is 6.99. The Kier molecular flexibility index (Phi) is 7.16. The molecule has 0 radical (unpaired) electrons. The van der Waals surface area contributed by atoms with Crippen LogP contribution in [0.15, 0.2) is 128 Å². The Hall–Kier alpha value is -4.89. The number of benzene rings is 4. The Labute approximate surface area is 254 Å². The first-order valence-electron chi connectivity index (χ1n) is 15.4. The van der Waals surface area contributed by atoms with E-state index in [2.05, 4.69) is 117 Å². The summed E-state index contributed by atoms with van der Waals surface area (Å²) in [7, 11) is 0. The van der Waals surface area contributed by atoms with Crippen molar-refractivity contribution in [1.82, 2.24) is 15.0 Å². The maximum atomic E-state index is 5.44. The van der Waals surface area contributed by atoms with Gasteiger partial charge in [0.2, 0.25) is 0 Å². The van der Waals surface area contributed by atoms with Crippen LogP contribution in [-0.4, -0.2) is 15.0 Å². The first-order chi connectivity index (χ1) is 21.2. The maximum absolute atomic E-state index is 5.44. The summed E-state index contributed by atoms with van der Waals surface area (Å²) in [6.07, 6.45) is 6.24. The van der Waals surface area contributed by atoms with Crippen LogP contribution in [0.3, 0.4) is 0 Å². The minimum atomic E-state index is -0.161. The predicted octanol–water partition coefficient (Wildman–Crippen LogP) is 10.4. The van der Waals surface area contributed by atoms with Crippen molar-refractivity contribution >= 4 is 0 Å². The zero-order valence-electron chi connectivity index (χ0n) is 24.8. The molecule has 6 aromatic rings. The smallest absolute Gasteiger partial charge is 0.159 e. The standard InChI is InChI=1S/C40H35N3/c1-3-25-40(26-4-2)35-23-24-36(42-37(35)34-27-41-39(43-38(34)40)29-17-9-6-10-18-29)33-22-14-13-21-32(33)31-20-12-11-19-30(31)28-15-7-5-8-16-28/h5-24,27H,3-4,25-26H2,1-2H3. The van der Waals surface area contributed by atoms with E-state index in [4.69, 9.17) is 15.0 Å². The second kappa shape index (κ2) is 11.4. The summed E-state index contributed by atoms with van der Waals surface area (Å²) in [5, 5.41) is 0. The molecule has 210 valence electrons. The molecule has 1 aliphatic carbocycles. The fraction of sp³-hybridized carbons (Fsp3) is 0.175. The van der Waals surface area contributed by atoms with Crippen LogP contribution in [-0.2, 0) is 5.41 Å². The third kappa shape index (κ3) is 4.66. The van der Waals surface area contributed by atoms with E-state index < -0.39 is 0 Å². The molecule has 43 heavy (non-hydrogen) atoms. The lowest BCUT2D eigenvalue weighted by Crippen LogP contribution is -2.26. The normalized spacial score (nSPS) is 13.0. The third-order valence-electron chi connectivity index (χ3n) is 8.80. The number of fused-ring (bicyclic) bond motifs is 3. The molecule has 2 heterocycles. The van der Waals surface area contributed by atoms with Gasteiger partial charge in [-0.1, -0.05) is 142 Å². The van der Waals surface area contributed by atoms with Crippen LogP contribution in [0.5, 0.6) is 0 Å². The van der Waals surface area contributed by atoms with Crippen molar-refractivity contribution in [3.63, 3.8) is 0 Å². The van der Waals surface area contributed by atoms with Crippen LogP contribution in [0.1, 0.15) is 50.8 Å². The highest BCUT2D eigenvalue weighted by Crippen LogP contribution is 2.53. The van der Waals surface area contributed by atoms with Crippen LogP contribution in [0.4, 0.5) is 0 Å². The summed E-state index contributed by atoms with van der Waals surface area (Å²) in [5.74, 6) is 0.784. The van der Waals surface area contributed by atoms with Crippen LogP contribution >= 0.6 is 0 Å². The highest BCUT2D eigenvalue weighted by Gasteiger charge is 2.45. The molecule has 0 aliphatic heterocycles. The van der Waals surface area contributed by atoms with E-state index in [0.29, 0.717) is 0 Å². The monoisotopic (exact) mass is 557 g/mol. The Morgan fingerprint density at radius 3 is 1.72 bits per heavy atom. The van der Waals surface area contributed by atoms with Gasteiger partial charge in [0.15, 0.2) is 5.82 Å². The lowest BCUT2D eigenvalue weighted by molar-refractivity contribution is 0.425. The highest BCUT2D eigenvalue weighted by atomic mass is 14.9. The van der Waals surface area contributed by atoms with E-state index in [1.165, 1.54) is 27.8 Å². The van der Waals surface area contributed by atoms with E-state index in [1.807, 2.05) is 24.4 Å². The summed E-state index contributed by atoms with van der Waals surface area (Å²) in [6.45, 7) is 4.55. The van der Waals surface area contributed by atoms with E-state index in [9.17, 15) is 0 Å². The molecule has 0 N–H and O–H groups in total. The van der Waals surface area contributed by atoms with Gasteiger partial charge < -0.3 is 0 Å². The molecule has 4 aromatic carbocycles. The quantitative estimate of drug-likeness (QED) is 0.187. The Balaban J connectivity index is 1.40. The lowest BCUT2D eigenvalue weighted by Gasteiger charge is -2.30. The van der Waals surface area contributed by atoms with Gasteiger partial charge in [0, 0.05) is 28.3 Å². The first-order valence-corrected chi connectivity index (χ1v) is 15.4. The number of hydrogen-bond acceptors (Lipinski definition) is 3. The summed E-state index contributed by atoms with van der Waals surface area (Å²) < 4.78 is 0. The Morgan fingerprint density at radius 2 is 1.07 bits per heavy atom. The van der Waals surface area contributed by atoms with Crippen molar-refractivity contribution in [3.05, 3.63) is 139 Å². The Morgan fingerprint density at radius 1 is 0.512 bits per heavy atom. The predicted molar refractivity (Wildman–Crippen MR) is 178 cm³/mol. The SMILES string of the molecule is CCCC1(CCC)c2ccc(-c3ccccc3-c3ccccc3-c3ccccc3)nc2-c2cnc(-c3ccccc3)nc21. The van der Waals surface area contributed by atoms with Crippen LogP contribution in [0, 0.1) is 0 Å². The molecule has 3 nitrogen and oxygen atoms in total. The minimum Gasteiger partial charge on any atom is -0.247 e. The number of pyridine rings is 1. The van der Waals surface area contributed by atoms with Crippen molar-refractivity contribution in [2.45, 2.75) is 44.9 Å². The minimum absolute atomic E-state index is 0.161. The molecule has 0 unspecified atom stereocenters. The number of rotatable bonds is 8. The second-order valence-corrected chi connectivity index (χ2v) is 11.5. The molecule has 2 aromatic heterocycles. The van der Waals surface area contributed by atoms with Crippen molar-refractivity contribution in [2.75, 3.05) is 0 Å². The van der Waals surface area contributed by atoms with E-state index in [1.54, 1.807) is 0 Å². The second-order valence-electron chi connectivity index (χ2n) is 11.5. The topological polar surface area (TPSA) is 38.7 Å². The van der Waals surface area contributed by atoms with Gasteiger partial charge in [-0.15, -0.1) is 0 Å².